The molecule has 0 unspecified atom stereocenters. The second-order valence-corrected chi connectivity index (χ2v) is 11.4. The lowest BCUT2D eigenvalue weighted by Crippen LogP contribution is -2.42. The molecule has 2 aromatic carbocycles. The number of pyridine rings is 1. The molecule has 6 rings (SSSR count). The fraction of sp³-hybridized carbons (Fsp3) is 0.300. The van der Waals surface area contributed by atoms with Crippen LogP contribution in [0.15, 0.2) is 60.8 Å². The van der Waals surface area contributed by atoms with Gasteiger partial charge in [-0.15, -0.1) is 11.3 Å². The van der Waals surface area contributed by atoms with Crippen molar-refractivity contribution in [1.29, 1.82) is 0 Å². The maximum atomic E-state index is 13.5. The van der Waals surface area contributed by atoms with Crippen LogP contribution in [0.4, 0.5) is 21.9 Å². The van der Waals surface area contributed by atoms with Gasteiger partial charge in [0.1, 0.15) is 21.2 Å². The van der Waals surface area contributed by atoms with E-state index in [-0.39, 0.29) is 18.0 Å². The highest BCUT2D eigenvalue weighted by atomic mass is 32.1. The van der Waals surface area contributed by atoms with Crippen LogP contribution >= 0.6 is 11.3 Å². The molecule has 200 valence electrons. The molecule has 0 spiro atoms. The van der Waals surface area contributed by atoms with Crippen LogP contribution in [-0.4, -0.2) is 48.0 Å². The summed E-state index contributed by atoms with van der Waals surface area (Å²) in [5, 5.41) is 7.00. The fourth-order valence-electron chi connectivity index (χ4n) is 5.54. The molecule has 0 bridgehead atoms. The van der Waals surface area contributed by atoms with Gasteiger partial charge in [0, 0.05) is 18.3 Å². The first-order valence-electron chi connectivity index (χ1n) is 13.2. The number of nitrogens with one attached hydrogen (secondary N) is 2. The van der Waals surface area contributed by atoms with Gasteiger partial charge in [0.05, 0.1) is 22.4 Å². The highest BCUT2D eigenvalue weighted by molar-refractivity contribution is 7.21. The maximum Gasteiger partial charge on any atom is 0.331 e. The first-order valence-corrected chi connectivity index (χ1v) is 14.0. The SMILES string of the molecule is Cc1cc(Oc2ccccc2)ccc1N1C(=O)Nc2c(C(=O)N[C@H]3CC[C@H](N(C)C)CC3)sc3nccc1c23. The van der Waals surface area contributed by atoms with Crippen molar-refractivity contribution >= 4 is 50.6 Å². The summed E-state index contributed by atoms with van der Waals surface area (Å²) in [4.78, 5) is 36.6. The Labute approximate surface area is 231 Å². The molecular weight excluding hydrogens is 510 g/mol. The van der Waals surface area contributed by atoms with Crippen molar-refractivity contribution in [3.63, 3.8) is 0 Å². The topological polar surface area (TPSA) is 86.8 Å². The molecule has 1 saturated carbocycles. The molecule has 1 aliphatic carbocycles. The number of carbonyl (C=O) groups is 2. The van der Waals surface area contributed by atoms with E-state index in [1.807, 2.05) is 61.5 Å². The van der Waals surface area contributed by atoms with Crippen molar-refractivity contribution in [1.82, 2.24) is 15.2 Å². The van der Waals surface area contributed by atoms with E-state index in [0.29, 0.717) is 28.0 Å². The smallest absolute Gasteiger partial charge is 0.331 e. The summed E-state index contributed by atoms with van der Waals surface area (Å²) in [5.74, 6) is 1.28. The van der Waals surface area contributed by atoms with Gasteiger partial charge in [-0.2, -0.15) is 0 Å². The highest BCUT2D eigenvalue weighted by Crippen LogP contribution is 2.46. The molecule has 1 fully saturated rings. The Kier molecular flexibility index (Phi) is 6.70. The number of thiophene rings is 1. The zero-order valence-corrected chi connectivity index (χ0v) is 23.0. The summed E-state index contributed by atoms with van der Waals surface area (Å²) in [6.07, 6.45) is 5.70. The minimum Gasteiger partial charge on any atom is -0.457 e. The van der Waals surface area contributed by atoms with Gasteiger partial charge in [0.2, 0.25) is 0 Å². The number of urea groups is 1. The van der Waals surface area contributed by atoms with E-state index in [9.17, 15) is 9.59 Å². The van der Waals surface area contributed by atoms with E-state index in [4.69, 9.17) is 4.74 Å². The van der Waals surface area contributed by atoms with Crippen molar-refractivity contribution in [2.45, 2.75) is 44.7 Å². The molecule has 0 radical (unpaired) electrons. The van der Waals surface area contributed by atoms with Gasteiger partial charge in [-0.1, -0.05) is 18.2 Å². The number of nitrogens with zero attached hydrogens (tertiary/aromatic N) is 3. The van der Waals surface area contributed by atoms with Crippen LogP contribution in [0.3, 0.4) is 0 Å². The number of aromatic nitrogens is 1. The van der Waals surface area contributed by atoms with Crippen molar-refractivity contribution < 1.29 is 14.3 Å². The molecule has 1 aliphatic heterocycles. The number of benzene rings is 2. The summed E-state index contributed by atoms with van der Waals surface area (Å²) in [6.45, 7) is 1.95. The second kappa shape index (κ2) is 10.3. The van der Waals surface area contributed by atoms with Gasteiger partial charge in [0.15, 0.2) is 0 Å². The number of para-hydroxylation sites is 1. The number of anilines is 3. The number of hydrogen-bond donors (Lipinski definition) is 2. The van der Waals surface area contributed by atoms with Crippen molar-refractivity contribution in [2.24, 2.45) is 0 Å². The molecule has 8 nitrogen and oxygen atoms in total. The highest BCUT2D eigenvalue weighted by Gasteiger charge is 2.34. The normalized spacial score (nSPS) is 18.8. The quantitative estimate of drug-likeness (QED) is 0.284. The predicted octanol–water partition coefficient (Wildman–Crippen LogP) is 6.68. The third kappa shape index (κ3) is 4.84. The molecule has 0 atom stereocenters. The zero-order valence-electron chi connectivity index (χ0n) is 22.2. The molecule has 0 saturated heterocycles. The second-order valence-electron chi connectivity index (χ2n) is 10.4. The Morgan fingerprint density at radius 1 is 1.05 bits per heavy atom. The maximum absolute atomic E-state index is 13.5. The van der Waals surface area contributed by atoms with Crippen LogP contribution < -0.4 is 20.3 Å². The van der Waals surface area contributed by atoms with E-state index in [1.165, 1.54) is 11.3 Å². The largest absolute Gasteiger partial charge is 0.457 e. The number of carbonyl (C=O) groups excluding carboxylic acids is 2. The summed E-state index contributed by atoms with van der Waals surface area (Å²) >= 11 is 1.32. The van der Waals surface area contributed by atoms with Crippen LogP contribution in [-0.2, 0) is 0 Å². The van der Waals surface area contributed by atoms with Gasteiger partial charge in [0.25, 0.3) is 5.91 Å². The zero-order chi connectivity index (χ0) is 27.1. The molecule has 2 aliphatic rings. The van der Waals surface area contributed by atoms with E-state index in [2.05, 4.69) is 34.6 Å². The molecule has 4 aromatic rings. The molecule has 3 heterocycles. The Morgan fingerprint density at radius 3 is 2.54 bits per heavy atom. The lowest BCUT2D eigenvalue weighted by Gasteiger charge is -2.33. The van der Waals surface area contributed by atoms with Crippen molar-refractivity contribution in [3.8, 4) is 11.5 Å². The third-order valence-corrected chi connectivity index (χ3v) is 8.70. The lowest BCUT2D eigenvalue weighted by atomic mass is 9.90. The van der Waals surface area contributed by atoms with Crippen LogP contribution in [0.1, 0.15) is 40.9 Å². The molecule has 39 heavy (non-hydrogen) atoms. The molecule has 2 aromatic heterocycles. The number of ether oxygens (including phenoxy) is 1. The number of rotatable bonds is 6. The summed E-state index contributed by atoms with van der Waals surface area (Å²) in [6, 6.07) is 17.4. The number of aryl methyl sites for hydroxylation is 1. The van der Waals surface area contributed by atoms with Crippen molar-refractivity contribution in [2.75, 3.05) is 24.3 Å². The minimum absolute atomic E-state index is 0.133. The third-order valence-electron chi connectivity index (χ3n) is 7.60. The average Bonchev–Trinajstić information content (AvgIpc) is 3.30. The fourth-order valence-corrected chi connectivity index (χ4v) is 6.56. The van der Waals surface area contributed by atoms with Gasteiger partial charge >= 0.3 is 6.03 Å². The summed E-state index contributed by atoms with van der Waals surface area (Å²) in [7, 11) is 4.22. The van der Waals surface area contributed by atoms with Gasteiger partial charge in [-0.3, -0.25) is 9.69 Å². The van der Waals surface area contributed by atoms with E-state index >= 15 is 0 Å². The van der Waals surface area contributed by atoms with Gasteiger partial charge < -0.3 is 20.3 Å². The number of hydrogen-bond acceptors (Lipinski definition) is 6. The Balaban J connectivity index is 1.28. The van der Waals surface area contributed by atoms with E-state index in [1.54, 1.807) is 11.1 Å². The monoisotopic (exact) mass is 541 g/mol. The average molecular weight is 542 g/mol. The van der Waals surface area contributed by atoms with E-state index in [0.717, 1.165) is 52.9 Å². The van der Waals surface area contributed by atoms with E-state index < -0.39 is 0 Å². The van der Waals surface area contributed by atoms with Gasteiger partial charge in [-0.25, -0.2) is 9.78 Å². The van der Waals surface area contributed by atoms with Crippen LogP contribution in [0.5, 0.6) is 11.5 Å². The number of amides is 3. The van der Waals surface area contributed by atoms with Crippen LogP contribution in [0.2, 0.25) is 0 Å². The molecule has 3 amide bonds. The Hall–Kier alpha value is -3.95. The molecule has 9 heteroatoms. The van der Waals surface area contributed by atoms with Crippen LogP contribution in [0.25, 0.3) is 10.2 Å². The Bertz CT molecular complexity index is 1540. The van der Waals surface area contributed by atoms with Gasteiger partial charge in [-0.05, 0) is 88.7 Å². The first-order chi connectivity index (χ1) is 18.9. The summed E-state index contributed by atoms with van der Waals surface area (Å²) < 4.78 is 5.98. The van der Waals surface area contributed by atoms with Crippen LogP contribution in [0, 0.1) is 6.92 Å². The predicted molar refractivity (Wildman–Crippen MR) is 156 cm³/mol. The standard InChI is InChI=1S/C30H31N5O3S/c1-18-17-22(38-21-7-5-4-6-8-21)13-14-23(18)35-24-15-16-31-29-25(24)26(33-30(35)37)27(39-29)28(36)32-19-9-11-20(12-10-19)34(2)3/h4-8,13-17,19-20H,9-12H2,1-3H3,(H,32,36)(H,33,37)/t19-,20-. The lowest BCUT2D eigenvalue weighted by molar-refractivity contribution is 0.0921. The summed E-state index contributed by atoms with van der Waals surface area (Å²) in [5.41, 5.74) is 2.87. The minimum atomic E-state index is -0.311. The molecular formula is C30H31N5O3S. The molecule has 2 N–H and O–H groups in total. The first kappa shape index (κ1) is 25.3. The van der Waals surface area contributed by atoms with Crippen molar-refractivity contribution in [3.05, 3.63) is 71.2 Å². The Morgan fingerprint density at radius 2 is 1.82 bits per heavy atom.